The number of nitrogens with one attached hydrogen (secondary N) is 2. The zero-order valence-corrected chi connectivity index (χ0v) is 4.19. The van der Waals surface area contributed by atoms with Crippen molar-refractivity contribution in [1.29, 1.82) is 0 Å². The van der Waals surface area contributed by atoms with Gasteiger partial charge in [-0.05, 0) is 0 Å². The molecule has 1 radical (unpaired) electrons. The fourth-order valence-electron chi connectivity index (χ4n) is 0.358. The van der Waals surface area contributed by atoms with Gasteiger partial charge in [-0.1, -0.05) is 0 Å². The Morgan fingerprint density at radius 1 is 1.44 bits per heavy atom. The number of hydrogen-bond acceptors (Lipinski definition) is 2. The number of hydrogen-bond donors (Lipinski definition) is 2. The van der Waals surface area contributed by atoms with E-state index in [1.807, 2.05) is 4.98 Å². The lowest BCUT2D eigenvalue weighted by atomic mass is 10.6. The second-order valence-electron chi connectivity index (χ2n) is 1.35. The molecule has 9 heavy (non-hydrogen) atoms. The van der Waals surface area contributed by atoms with Gasteiger partial charge >= 0.3 is 5.69 Å². The Labute approximate surface area is 48.4 Å². The number of H-pyrrole nitrogens is 2. The molecule has 0 aliphatic rings. The van der Waals surface area contributed by atoms with E-state index in [1.165, 1.54) is 0 Å². The van der Waals surface area contributed by atoms with Gasteiger partial charge in [-0.15, -0.1) is 0 Å². The lowest BCUT2D eigenvalue weighted by molar-refractivity contribution is 0.593. The number of halogens is 1. The molecule has 4 nitrogen and oxygen atoms in total. The van der Waals surface area contributed by atoms with Gasteiger partial charge in [0.25, 0.3) is 5.56 Å². The molecule has 0 aliphatic heterocycles. The molecule has 0 amide bonds. The summed E-state index contributed by atoms with van der Waals surface area (Å²) < 4.78 is 11.9. The second kappa shape index (κ2) is 1.85. The van der Waals surface area contributed by atoms with Crippen molar-refractivity contribution in [3.05, 3.63) is 32.9 Å². The van der Waals surface area contributed by atoms with Gasteiger partial charge in [0.15, 0.2) is 0 Å². The van der Waals surface area contributed by atoms with Crippen LogP contribution in [0.1, 0.15) is 0 Å². The molecule has 0 aromatic carbocycles. The molecule has 0 atom stereocenters. The van der Waals surface area contributed by atoms with Gasteiger partial charge in [-0.3, -0.25) is 9.78 Å². The lowest BCUT2D eigenvalue weighted by Crippen LogP contribution is -2.23. The SMILES string of the molecule is O=c1[nH][c]c(F)c(=O)[nH]1. The second-order valence-corrected chi connectivity index (χ2v) is 1.35. The van der Waals surface area contributed by atoms with Crippen LogP contribution in [0.25, 0.3) is 0 Å². The maximum absolute atomic E-state index is 11.9. The molecule has 1 aromatic heterocycles. The highest BCUT2D eigenvalue weighted by Crippen LogP contribution is 1.72. The summed E-state index contributed by atoms with van der Waals surface area (Å²) in [7, 11) is 0. The lowest BCUT2D eigenvalue weighted by Gasteiger charge is -1.80. The number of aromatic nitrogens is 2. The molecule has 1 rings (SSSR count). The quantitative estimate of drug-likeness (QED) is 0.472. The summed E-state index contributed by atoms with van der Waals surface area (Å²) in [6, 6.07) is 0. The summed E-state index contributed by atoms with van der Waals surface area (Å²) >= 11 is 0. The third kappa shape index (κ3) is 1.04. The van der Waals surface area contributed by atoms with Crippen LogP contribution in [0.5, 0.6) is 0 Å². The summed E-state index contributed by atoms with van der Waals surface area (Å²) in [5, 5.41) is 0. The molecule has 1 aromatic rings. The van der Waals surface area contributed by atoms with Crippen molar-refractivity contribution in [3.63, 3.8) is 0 Å². The highest BCUT2D eigenvalue weighted by Gasteiger charge is 1.94. The summed E-state index contributed by atoms with van der Waals surface area (Å²) in [6.07, 6.45) is 1.72. The van der Waals surface area contributed by atoms with Crippen molar-refractivity contribution >= 4 is 0 Å². The molecule has 0 saturated carbocycles. The standard InChI is InChI=1S/C4H2FN2O2/c5-2-1-6-4(9)7-3(2)8/h(H2,6,7,8,9). The van der Waals surface area contributed by atoms with E-state index < -0.39 is 17.1 Å². The van der Waals surface area contributed by atoms with Gasteiger partial charge in [0.2, 0.25) is 5.82 Å². The van der Waals surface area contributed by atoms with Crippen LogP contribution >= 0.6 is 0 Å². The first-order valence-corrected chi connectivity index (χ1v) is 2.10. The molecule has 0 aliphatic carbocycles. The largest absolute Gasteiger partial charge is 0.326 e. The third-order valence-electron chi connectivity index (χ3n) is 0.712. The van der Waals surface area contributed by atoms with E-state index in [0.717, 1.165) is 0 Å². The topological polar surface area (TPSA) is 65.7 Å². The molecule has 0 unspecified atom stereocenters. The minimum atomic E-state index is -1.12. The molecule has 47 valence electrons. The van der Waals surface area contributed by atoms with Crippen LogP contribution in [0.4, 0.5) is 4.39 Å². The Balaban J connectivity index is 3.52. The third-order valence-corrected chi connectivity index (χ3v) is 0.712. The maximum atomic E-state index is 11.9. The van der Waals surface area contributed by atoms with Gasteiger partial charge < -0.3 is 4.98 Å². The van der Waals surface area contributed by atoms with Crippen LogP contribution in [0.3, 0.4) is 0 Å². The Morgan fingerprint density at radius 3 is 2.56 bits per heavy atom. The summed E-state index contributed by atoms with van der Waals surface area (Å²) in [5.41, 5.74) is -1.82. The Kier molecular flexibility index (Phi) is 1.18. The number of rotatable bonds is 0. The fraction of sp³-hybridized carbons (Fsp3) is 0. The van der Waals surface area contributed by atoms with E-state index in [9.17, 15) is 14.0 Å². The number of aromatic amines is 2. The zero-order chi connectivity index (χ0) is 6.85. The van der Waals surface area contributed by atoms with Crippen molar-refractivity contribution in [1.82, 2.24) is 9.97 Å². The van der Waals surface area contributed by atoms with E-state index in [-0.39, 0.29) is 0 Å². The van der Waals surface area contributed by atoms with Gasteiger partial charge in [0.05, 0.1) is 0 Å². The average molecular weight is 129 g/mol. The summed E-state index contributed by atoms with van der Waals surface area (Å²) in [5.74, 6) is -1.12. The first kappa shape index (κ1) is 5.74. The van der Waals surface area contributed by atoms with Crippen molar-refractivity contribution in [3.8, 4) is 0 Å². The molecular weight excluding hydrogens is 127 g/mol. The van der Waals surface area contributed by atoms with Crippen molar-refractivity contribution < 1.29 is 4.39 Å². The van der Waals surface area contributed by atoms with Gasteiger partial charge in [-0.25, -0.2) is 4.79 Å². The van der Waals surface area contributed by atoms with Crippen LogP contribution in [-0.4, -0.2) is 9.97 Å². The van der Waals surface area contributed by atoms with Gasteiger partial charge in [0.1, 0.15) is 6.20 Å². The van der Waals surface area contributed by atoms with E-state index in [2.05, 4.69) is 0 Å². The van der Waals surface area contributed by atoms with Gasteiger partial charge in [0, 0.05) is 0 Å². The van der Waals surface area contributed by atoms with Crippen LogP contribution in [0.15, 0.2) is 9.59 Å². The Morgan fingerprint density at radius 2 is 2.11 bits per heavy atom. The van der Waals surface area contributed by atoms with Gasteiger partial charge in [-0.2, -0.15) is 4.39 Å². The molecule has 0 bridgehead atoms. The normalized spacial score (nSPS) is 9.44. The predicted octanol–water partition coefficient (Wildman–Crippen LogP) is -0.998. The first-order chi connectivity index (χ1) is 4.20. The smallest absolute Gasteiger partial charge is 0.303 e. The Bertz CT molecular complexity index is 313. The van der Waals surface area contributed by atoms with Crippen molar-refractivity contribution in [2.24, 2.45) is 0 Å². The minimum Gasteiger partial charge on any atom is -0.303 e. The molecular formula is C4H2FN2O2. The van der Waals surface area contributed by atoms with E-state index >= 15 is 0 Å². The summed E-state index contributed by atoms with van der Waals surface area (Å²) in [6.45, 7) is 0. The van der Waals surface area contributed by atoms with E-state index in [4.69, 9.17) is 0 Å². The van der Waals surface area contributed by atoms with E-state index in [0.29, 0.717) is 0 Å². The van der Waals surface area contributed by atoms with Crippen molar-refractivity contribution in [2.45, 2.75) is 0 Å². The Hall–Kier alpha value is -1.39. The monoisotopic (exact) mass is 129 g/mol. The van der Waals surface area contributed by atoms with Crippen LogP contribution in [0.2, 0.25) is 0 Å². The highest BCUT2D eigenvalue weighted by atomic mass is 19.1. The predicted molar refractivity (Wildman–Crippen MR) is 26.5 cm³/mol. The minimum absolute atomic E-state index is 0.763. The molecule has 0 spiro atoms. The molecule has 0 saturated heterocycles. The molecule has 2 N–H and O–H groups in total. The zero-order valence-electron chi connectivity index (χ0n) is 4.19. The fourth-order valence-corrected chi connectivity index (χ4v) is 0.358. The highest BCUT2D eigenvalue weighted by molar-refractivity contribution is 4.81. The van der Waals surface area contributed by atoms with Crippen LogP contribution in [-0.2, 0) is 0 Å². The van der Waals surface area contributed by atoms with Crippen molar-refractivity contribution in [2.75, 3.05) is 0 Å². The maximum Gasteiger partial charge on any atom is 0.326 e. The molecule has 5 heteroatoms. The molecule has 1 heterocycles. The molecule has 0 fully saturated rings. The average Bonchev–Trinajstić information content (AvgIpc) is 1.80. The van der Waals surface area contributed by atoms with E-state index in [1.54, 1.807) is 11.2 Å². The summed E-state index contributed by atoms with van der Waals surface area (Å²) in [4.78, 5) is 23.8. The van der Waals surface area contributed by atoms with Crippen LogP contribution < -0.4 is 11.2 Å². The first-order valence-electron chi connectivity index (χ1n) is 2.10. The van der Waals surface area contributed by atoms with Crippen LogP contribution in [0, 0.1) is 12.0 Å².